The summed E-state index contributed by atoms with van der Waals surface area (Å²) in [5.41, 5.74) is 3.57. The van der Waals surface area contributed by atoms with Crippen LogP contribution in [-0.2, 0) is 4.57 Å². The molecule has 0 aliphatic heterocycles. The van der Waals surface area contributed by atoms with E-state index in [1.54, 1.807) is 38.1 Å². The molecule has 0 atom stereocenters. The van der Waals surface area contributed by atoms with E-state index in [1.165, 1.54) is 0 Å². The number of phosphoric ester groups is 1. The zero-order valence-electron chi connectivity index (χ0n) is 13.5. The van der Waals surface area contributed by atoms with Crippen molar-refractivity contribution in [2.24, 2.45) is 0 Å². The molecule has 6 heteroatoms. The molecule has 0 saturated carbocycles. The molecule has 0 bridgehead atoms. The Hall–Kier alpha value is -0.770. The van der Waals surface area contributed by atoms with Crippen molar-refractivity contribution in [2.75, 3.05) is 0 Å². The van der Waals surface area contributed by atoms with Crippen LogP contribution in [0.4, 0.5) is 0 Å². The predicted octanol–water partition coefficient (Wildman–Crippen LogP) is 1.49. The van der Waals surface area contributed by atoms with Gasteiger partial charge >= 0.3 is 37.4 Å². The van der Waals surface area contributed by atoms with Gasteiger partial charge in [0.05, 0.1) is 0 Å². The van der Waals surface area contributed by atoms with Gasteiger partial charge in [-0.1, -0.05) is 42.8 Å². The van der Waals surface area contributed by atoms with Crippen LogP contribution < -0.4 is 43.5 Å². The van der Waals surface area contributed by atoms with E-state index in [0.29, 0.717) is 0 Å². The van der Waals surface area contributed by atoms with Crippen molar-refractivity contribution in [3.63, 3.8) is 0 Å². The van der Waals surface area contributed by atoms with Crippen molar-refractivity contribution in [3.8, 4) is 11.5 Å². The molecule has 120 valence electrons. The Morgan fingerprint density at radius 1 is 0.826 bits per heavy atom. The molecule has 0 aromatic heterocycles. The molecule has 0 fully saturated rings. The Bertz CT molecular complexity index is 658. The van der Waals surface area contributed by atoms with Crippen molar-refractivity contribution >= 4 is 7.82 Å². The fraction of sp³-hybridized carbons (Fsp3) is 0.294. The van der Waals surface area contributed by atoms with E-state index in [0.717, 1.165) is 22.3 Å². The molecule has 0 spiro atoms. The Morgan fingerprint density at radius 3 is 1.48 bits per heavy atom. The Balaban J connectivity index is 0.00000242. The minimum atomic E-state index is -4.47. The van der Waals surface area contributed by atoms with Crippen LogP contribution in [0.25, 0.3) is 0 Å². The summed E-state index contributed by atoms with van der Waals surface area (Å²) in [6, 6.07) is 10.5. The van der Waals surface area contributed by atoms with Crippen molar-refractivity contribution in [1.29, 1.82) is 0 Å². The van der Waals surface area contributed by atoms with Gasteiger partial charge in [0.25, 0.3) is 0 Å². The fourth-order valence-corrected chi connectivity index (χ4v) is 2.99. The number of hydrogen-bond donors (Lipinski definition) is 0. The largest absolute Gasteiger partial charge is 1.00 e. The first kappa shape index (κ1) is 22.2. The second-order valence-electron chi connectivity index (χ2n) is 5.17. The average molecular weight is 344 g/mol. The van der Waals surface area contributed by atoms with Crippen molar-refractivity contribution < 1.29 is 48.1 Å². The summed E-state index contributed by atoms with van der Waals surface area (Å²) in [5.74, 6) is 0.562. The summed E-state index contributed by atoms with van der Waals surface area (Å²) < 4.78 is 22.1. The van der Waals surface area contributed by atoms with E-state index in [1.807, 2.05) is 26.0 Å². The fourth-order valence-electron chi connectivity index (χ4n) is 2.06. The van der Waals surface area contributed by atoms with E-state index >= 15 is 0 Å². The van der Waals surface area contributed by atoms with Gasteiger partial charge in [0, 0.05) is 0 Å². The van der Waals surface area contributed by atoms with Crippen LogP contribution in [0.15, 0.2) is 36.4 Å². The zero-order valence-corrected chi connectivity index (χ0v) is 16.4. The summed E-state index contributed by atoms with van der Waals surface area (Å²) >= 11 is 0. The van der Waals surface area contributed by atoms with Crippen molar-refractivity contribution in [2.45, 2.75) is 35.1 Å². The molecule has 0 aliphatic carbocycles. The number of rotatable bonds is 4. The monoisotopic (exact) mass is 344 g/mol. The Kier molecular flexibility index (Phi) is 8.61. The average Bonchev–Trinajstić information content (AvgIpc) is 2.36. The van der Waals surface area contributed by atoms with E-state index < -0.39 is 7.82 Å². The van der Waals surface area contributed by atoms with Gasteiger partial charge in [-0.05, 0) is 51.0 Å². The summed E-state index contributed by atoms with van der Waals surface area (Å²) in [5, 5.41) is 0. The number of phosphoric acid groups is 1. The molecule has 0 amide bonds. The molecule has 0 saturated heterocycles. The Morgan fingerprint density at radius 2 is 1.17 bits per heavy atom. The summed E-state index contributed by atoms with van der Waals surface area (Å²) in [7, 11) is -4.47. The molecule has 2 aromatic carbocycles. The maximum absolute atomic E-state index is 12.0. The number of aryl methyl sites for hydroxylation is 4. The quantitative estimate of drug-likeness (QED) is 0.623. The molecule has 23 heavy (non-hydrogen) atoms. The standard InChI is InChI=1S/C16H19O4P.CH4.Na/c1-11-5-7-15(13(3)9-11)19-21(17,18)20-16-8-6-12(2)10-14(16)4;;/h5-10H,1-4H3,(H,17,18);1H4;/q;;+1/p-1. The molecular formula is C17H22NaO4P. The molecule has 0 N–H and O–H groups in total. The van der Waals surface area contributed by atoms with Crippen LogP contribution in [0.5, 0.6) is 11.5 Å². The third-order valence-corrected chi connectivity index (χ3v) is 3.92. The van der Waals surface area contributed by atoms with Crippen LogP contribution >= 0.6 is 7.82 Å². The first-order chi connectivity index (χ1) is 9.77. The summed E-state index contributed by atoms with van der Waals surface area (Å²) in [4.78, 5) is 12.0. The first-order valence-electron chi connectivity index (χ1n) is 6.61. The molecule has 2 rings (SSSR count). The molecule has 0 radical (unpaired) electrons. The summed E-state index contributed by atoms with van der Waals surface area (Å²) in [6.07, 6.45) is 0. The predicted molar refractivity (Wildman–Crippen MR) is 87.4 cm³/mol. The molecular weight excluding hydrogens is 322 g/mol. The van der Waals surface area contributed by atoms with E-state index in [4.69, 9.17) is 9.05 Å². The van der Waals surface area contributed by atoms with Crippen LogP contribution in [0.2, 0.25) is 0 Å². The smallest absolute Gasteiger partial charge is 0.736 e. The van der Waals surface area contributed by atoms with Crippen LogP contribution in [-0.4, -0.2) is 0 Å². The van der Waals surface area contributed by atoms with Crippen molar-refractivity contribution in [1.82, 2.24) is 0 Å². The van der Waals surface area contributed by atoms with Crippen LogP contribution in [0, 0.1) is 27.7 Å². The van der Waals surface area contributed by atoms with Gasteiger partial charge in [-0.15, -0.1) is 0 Å². The number of benzene rings is 2. The third kappa shape index (κ3) is 6.33. The van der Waals surface area contributed by atoms with Gasteiger partial charge in [-0.3, -0.25) is 0 Å². The van der Waals surface area contributed by atoms with Crippen molar-refractivity contribution in [3.05, 3.63) is 58.7 Å². The van der Waals surface area contributed by atoms with E-state index in [-0.39, 0.29) is 48.5 Å². The SMILES string of the molecule is C.Cc1ccc(OP(=O)([O-])Oc2ccc(C)cc2C)c(C)c1.[Na+]. The van der Waals surface area contributed by atoms with Crippen LogP contribution in [0.1, 0.15) is 29.7 Å². The van der Waals surface area contributed by atoms with Gasteiger partial charge in [-0.2, -0.15) is 0 Å². The molecule has 0 unspecified atom stereocenters. The van der Waals surface area contributed by atoms with Gasteiger partial charge in [0.1, 0.15) is 11.5 Å². The third-order valence-electron chi connectivity index (χ3n) is 3.08. The maximum Gasteiger partial charge on any atom is 1.00 e. The molecule has 0 aliphatic rings. The van der Waals surface area contributed by atoms with Gasteiger partial charge in [0.2, 0.25) is 0 Å². The van der Waals surface area contributed by atoms with E-state index in [2.05, 4.69) is 0 Å². The first-order valence-corrected chi connectivity index (χ1v) is 8.08. The normalized spacial score (nSPS) is 10.3. The van der Waals surface area contributed by atoms with E-state index in [9.17, 15) is 9.46 Å². The topological polar surface area (TPSA) is 58.6 Å². The van der Waals surface area contributed by atoms with Crippen LogP contribution in [0.3, 0.4) is 0 Å². The minimum Gasteiger partial charge on any atom is -0.736 e. The zero-order chi connectivity index (χ0) is 15.6. The second kappa shape index (κ2) is 8.91. The molecule has 2 aromatic rings. The van der Waals surface area contributed by atoms with Gasteiger partial charge in [0.15, 0.2) is 0 Å². The molecule has 0 heterocycles. The second-order valence-corrected chi connectivity index (χ2v) is 6.43. The van der Waals surface area contributed by atoms with Gasteiger partial charge in [-0.25, -0.2) is 4.57 Å². The maximum atomic E-state index is 12.0. The minimum absolute atomic E-state index is 0. The number of hydrogen-bond acceptors (Lipinski definition) is 4. The van der Waals surface area contributed by atoms with Gasteiger partial charge < -0.3 is 13.9 Å². The Labute approximate surface area is 160 Å². The summed E-state index contributed by atoms with van der Waals surface area (Å²) in [6.45, 7) is 7.44. The molecule has 4 nitrogen and oxygen atoms in total.